The van der Waals surface area contributed by atoms with Gasteiger partial charge in [0.05, 0.1) is 0 Å². The molecule has 0 aliphatic carbocycles. The molecule has 82 valence electrons. The third kappa shape index (κ3) is 2.35. The zero-order valence-electron chi connectivity index (χ0n) is 8.04. The molecule has 0 amide bonds. The Labute approximate surface area is 85.7 Å². The van der Waals surface area contributed by atoms with Crippen molar-refractivity contribution in [1.29, 1.82) is 0 Å². The fourth-order valence-corrected chi connectivity index (χ4v) is 1.11. The summed E-state index contributed by atoms with van der Waals surface area (Å²) in [6.45, 7) is 1.94. The van der Waals surface area contributed by atoms with Gasteiger partial charge in [0.2, 0.25) is 6.23 Å². The predicted molar refractivity (Wildman–Crippen MR) is 51.6 cm³/mol. The van der Waals surface area contributed by atoms with Crippen molar-refractivity contribution < 1.29 is 20.1 Å². The van der Waals surface area contributed by atoms with E-state index in [9.17, 15) is 15.1 Å². The molecule has 6 heteroatoms. The molecule has 1 atom stereocenters. The Hall–Kier alpha value is -1.82. The van der Waals surface area contributed by atoms with Crippen molar-refractivity contribution in [3.05, 3.63) is 22.6 Å². The van der Waals surface area contributed by atoms with Crippen molar-refractivity contribution in [3.63, 3.8) is 0 Å². The summed E-state index contributed by atoms with van der Waals surface area (Å²) in [6, 6.07) is 2.22. The van der Waals surface area contributed by atoms with Crippen LogP contribution in [0.5, 0.6) is 17.2 Å². The van der Waals surface area contributed by atoms with Gasteiger partial charge in [-0.15, -0.1) is 4.91 Å². The van der Waals surface area contributed by atoms with E-state index in [2.05, 4.69) is 5.18 Å². The number of nitrogens with zero attached hydrogens (tertiary/aromatic N) is 1. The highest BCUT2D eigenvalue weighted by Gasteiger charge is 2.16. The average molecular weight is 213 g/mol. The van der Waals surface area contributed by atoms with E-state index in [1.165, 1.54) is 0 Å². The predicted octanol–water partition coefficient (Wildman–Crippen LogP) is 1.60. The molecule has 1 aromatic rings. The lowest BCUT2D eigenvalue weighted by Gasteiger charge is -2.10. The average Bonchev–Trinajstić information content (AvgIpc) is 2.22. The Morgan fingerprint density at radius 3 is 2.27 bits per heavy atom. The normalized spacial score (nSPS) is 12.3. The standard InChI is InChI=1S/C9H11NO5/c1-2-15-9(10-14)5-3-6(11)8(13)7(12)4-5/h3-4,9,11-13H,2H2,1H3. The molecule has 0 fully saturated rings. The lowest BCUT2D eigenvalue weighted by Crippen LogP contribution is -2.00. The third-order valence-corrected chi connectivity index (χ3v) is 1.80. The van der Waals surface area contributed by atoms with E-state index in [0.29, 0.717) is 0 Å². The van der Waals surface area contributed by atoms with E-state index in [1.807, 2.05) is 0 Å². The van der Waals surface area contributed by atoms with Crippen LogP contribution in [0.4, 0.5) is 0 Å². The number of benzene rings is 1. The van der Waals surface area contributed by atoms with Crippen LogP contribution in [-0.2, 0) is 4.74 Å². The minimum atomic E-state index is -1.10. The SMILES string of the molecule is CCOC(N=O)c1cc(O)c(O)c(O)c1. The molecule has 0 spiro atoms. The number of hydrogen-bond acceptors (Lipinski definition) is 6. The van der Waals surface area contributed by atoms with Gasteiger partial charge in [0, 0.05) is 12.2 Å². The molecule has 0 bridgehead atoms. The molecule has 15 heavy (non-hydrogen) atoms. The fourth-order valence-electron chi connectivity index (χ4n) is 1.11. The number of nitroso groups, excluding NO2 is 1. The van der Waals surface area contributed by atoms with Crippen LogP contribution in [0.1, 0.15) is 18.7 Å². The molecule has 0 saturated carbocycles. The second kappa shape index (κ2) is 4.61. The van der Waals surface area contributed by atoms with Crippen LogP contribution in [-0.4, -0.2) is 21.9 Å². The summed E-state index contributed by atoms with van der Waals surface area (Å²) in [7, 11) is 0. The van der Waals surface area contributed by atoms with Crippen LogP contribution in [0, 0.1) is 4.91 Å². The summed E-state index contributed by atoms with van der Waals surface area (Å²) in [4.78, 5) is 10.4. The van der Waals surface area contributed by atoms with Gasteiger partial charge in [-0.25, -0.2) is 0 Å². The van der Waals surface area contributed by atoms with Gasteiger partial charge in [0.1, 0.15) is 0 Å². The molecule has 0 aromatic heterocycles. The van der Waals surface area contributed by atoms with Crippen LogP contribution >= 0.6 is 0 Å². The molecule has 1 aromatic carbocycles. The maximum absolute atomic E-state index is 10.4. The summed E-state index contributed by atoms with van der Waals surface area (Å²) < 4.78 is 4.94. The Morgan fingerprint density at radius 1 is 1.33 bits per heavy atom. The Bertz CT molecular complexity index is 343. The second-order valence-corrected chi connectivity index (χ2v) is 2.82. The van der Waals surface area contributed by atoms with Crippen molar-refractivity contribution in [2.45, 2.75) is 13.2 Å². The Morgan fingerprint density at radius 2 is 1.87 bits per heavy atom. The quantitative estimate of drug-likeness (QED) is 0.521. The van der Waals surface area contributed by atoms with Crippen LogP contribution in [0.2, 0.25) is 0 Å². The lowest BCUT2D eigenvalue weighted by atomic mass is 10.1. The van der Waals surface area contributed by atoms with Crippen LogP contribution in [0.15, 0.2) is 17.3 Å². The van der Waals surface area contributed by atoms with Gasteiger partial charge in [-0.2, -0.15) is 0 Å². The molecular formula is C9H11NO5. The molecule has 0 saturated heterocycles. The van der Waals surface area contributed by atoms with Crippen molar-refractivity contribution in [1.82, 2.24) is 0 Å². The minimum Gasteiger partial charge on any atom is -0.504 e. The van der Waals surface area contributed by atoms with Crippen molar-refractivity contribution in [2.75, 3.05) is 6.61 Å². The number of phenols is 3. The number of ether oxygens (including phenoxy) is 1. The smallest absolute Gasteiger partial charge is 0.215 e. The van der Waals surface area contributed by atoms with Crippen molar-refractivity contribution in [3.8, 4) is 17.2 Å². The number of rotatable bonds is 4. The van der Waals surface area contributed by atoms with E-state index < -0.39 is 23.5 Å². The van der Waals surface area contributed by atoms with Crippen LogP contribution < -0.4 is 0 Å². The molecular weight excluding hydrogens is 202 g/mol. The summed E-state index contributed by atoms with van der Waals surface area (Å²) in [6.07, 6.45) is -1.10. The van der Waals surface area contributed by atoms with Crippen LogP contribution in [0.3, 0.4) is 0 Å². The van der Waals surface area contributed by atoms with Gasteiger partial charge in [-0.05, 0) is 24.2 Å². The van der Waals surface area contributed by atoms with Gasteiger partial charge in [-0.3, -0.25) is 0 Å². The van der Waals surface area contributed by atoms with Gasteiger partial charge in [-0.1, -0.05) is 0 Å². The van der Waals surface area contributed by atoms with Crippen molar-refractivity contribution >= 4 is 0 Å². The Kier molecular flexibility index (Phi) is 3.46. The van der Waals surface area contributed by atoms with Gasteiger partial charge in [0.25, 0.3) is 0 Å². The maximum atomic E-state index is 10.4. The first-order valence-electron chi connectivity index (χ1n) is 4.29. The molecule has 6 nitrogen and oxygen atoms in total. The molecule has 1 rings (SSSR count). The zero-order valence-corrected chi connectivity index (χ0v) is 8.04. The number of hydrogen-bond donors (Lipinski definition) is 3. The topological polar surface area (TPSA) is 99.4 Å². The molecule has 0 radical (unpaired) electrons. The molecule has 0 heterocycles. The largest absolute Gasteiger partial charge is 0.504 e. The highest BCUT2D eigenvalue weighted by Crippen LogP contribution is 2.37. The zero-order chi connectivity index (χ0) is 11.4. The molecule has 0 aliphatic heterocycles. The first-order valence-corrected chi connectivity index (χ1v) is 4.29. The maximum Gasteiger partial charge on any atom is 0.215 e. The fraction of sp³-hybridized carbons (Fsp3) is 0.333. The van der Waals surface area contributed by atoms with Crippen LogP contribution in [0.25, 0.3) is 0 Å². The highest BCUT2D eigenvalue weighted by molar-refractivity contribution is 5.51. The Balaban J connectivity index is 3.08. The van der Waals surface area contributed by atoms with E-state index >= 15 is 0 Å². The van der Waals surface area contributed by atoms with Gasteiger partial charge >= 0.3 is 0 Å². The minimum absolute atomic E-state index is 0.180. The first kappa shape index (κ1) is 11.3. The molecule has 0 aliphatic rings. The number of aromatic hydroxyl groups is 3. The van der Waals surface area contributed by atoms with Crippen molar-refractivity contribution in [2.24, 2.45) is 5.18 Å². The monoisotopic (exact) mass is 213 g/mol. The molecule has 1 unspecified atom stereocenters. The van der Waals surface area contributed by atoms with Gasteiger partial charge in [0.15, 0.2) is 17.2 Å². The third-order valence-electron chi connectivity index (χ3n) is 1.80. The second-order valence-electron chi connectivity index (χ2n) is 2.82. The van der Waals surface area contributed by atoms with E-state index in [-0.39, 0.29) is 12.2 Å². The summed E-state index contributed by atoms with van der Waals surface area (Å²) in [5.41, 5.74) is 0.180. The summed E-state index contributed by atoms with van der Waals surface area (Å²) in [5, 5.41) is 30.1. The van der Waals surface area contributed by atoms with E-state index in [0.717, 1.165) is 12.1 Å². The number of phenolic OH excluding ortho intramolecular Hbond substituents is 3. The molecule has 3 N–H and O–H groups in total. The van der Waals surface area contributed by atoms with E-state index in [1.54, 1.807) is 6.92 Å². The van der Waals surface area contributed by atoms with E-state index in [4.69, 9.17) is 9.84 Å². The summed E-state index contributed by atoms with van der Waals surface area (Å²) in [5.74, 6) is -1.70. The van der Waals surface area contributed by atoms with Gasteiger partial charge < -0.3 is 20.1 Å². The first-order chi connectivity index (χ1) is 7.10. The highest BCUT2D eigenvalue weighted by atomic mass is 16.5. The lowest BCUT2D eigenvalue weighted by molar-refractivity contribution is 0.0676. The summed E-state index contributed by atoms with van der Waals surface area (Å²) >= 11 is 0.